The number of ether oxygens (including phenoxy) is 1. The Bertz CT molecular complexity index is 380. The molecule has 0 spiro atoms. The van der Waals surface area contributed by atoms with Crippen LogP contribution in [0, 0.1) is 6.92 Å². The summed E-state index contributed by atoms with van der Waals surface area (Å²) in [6, 6.07) is 4.03. The van der Waals surface area contributed by atoms with Gasteiger partial charge in [-0.25, -0.2) is 0 Å². The smallest absolute Gasteiger partial charge is 0.137 e. The van der Waals surface area contributed by atoms with E-state index in [4.69, 9.17) is 21.4 Å². The van der Waals surface area contributed by atoms with E-state index in [0.29, 0.717) is 17.2 Å². The molecule has 3 nitrogen and oxygen atoms in total. The molecule has 0 fully saturated rings. The third kappa shape index (κ3) is 3.35. The van der Waals surface area contributed by atoms with Gasteiger partial charge in [0.2, 0.25) is 0 Å². The third-order valence-electron chi connectivity index (χ3n) is 2.93. The molecule has 0 aromatic heterocycles. The summed E-state index contributed by atoms with van der Waals surface area (Å²) in [7, 11) is 5.60. The first-order valence-corrected chi connectivity index (χ1v) is 6.00. The molecule has 1 rings (SSSR count). The Morgan fingerprint density at radius 3 is 2.53 bits per heavy atom. The van der Waals surface area contributed by atoms with Crippen LogP contribution in [0.3, 0.4) is 0 Å². The molecule has 0 bridgehead atoms. The first-order chi connectivity index (χ1) is 8.01. The van der Waals surface area contributed by atoms with Crippen molar-refractivity contribution in [3.8, 4) is 5.75 Å². The van der Waals surface area contributed by atoms with Crippen LogP contribution in [0.25, 0.3) is 0 Å². The highest BCUT2D eigenvalue weighted by molar-refractivity contribution is 6.32. The Balaban J connectivity index is 3.15. The quantitative estimate of drug-likeness (QED) is 0.880. The summed E-state index contributed by atoms with van der Waals surface area (Å²) in [4.78, 5) is 2.08. The minimum Gasteiger partial charge on any atom is -0.495 e. The van der Waals surface area contributed by atoms with Crippen LogP contribution >= 0.6 is 11.6 Å². The Labute approximate surface area is 108 Å². The maximum atomic E-state index is 9.12. The number of halogens is 1. The highest BCUT2D eigenvalue weighted by atomic mass is 35.5. The number of aliphatic hydroxyl groups is 1. The first-order valence-electron chi connectivity index (χ1n) is 5.62. The van der Waals surface area contributed by atoms with E-state index >= 15 is 0 Å². The van der Waals surface area contributed by atoms with Crippen molar-refractivity contribution in [1.29, 1.82) is 0 Å². The van der Waals surface area contributed by atoms with Crippen LogP contribution in [0.1, 0.15) is 23.6 Å². The van der Waals surface area contributed by atoms with Crippen LogP contribution in [0.5, 0.6) is 5.75 Å². The summed E-state index contributed by atoms with van der Waals surface area (Å²) in [6.45, 7) is 2.19. The second-order valence-corrected chi connectivity index (χ2v) is 4.74. The number of hydrogen-bond acceptors (Lipinski definition) is 3. The van der Waals surface area contributed by atoms with Gasteiger partial charge < -0.3 is 14.7 Å². The van der Waals surface area contributed by atoms with Gasteiger partial charge in [-0.3, -0.25) is 0 Å². The average Bonchev–Trinajstić information content (AvgIpc) is 2.28. The standard InChI is InChI=1S/C13H20ClNO2/c1-9-7-13(17-4)11(14)8-10(9)12(5-6-16)15(2)3/h7-8,12,16H,5-6H2,1-4H3. The van der Waals surface area contributed by atoms with Crippen LogP contribution in [0.2, 0.25) is 5.02 Å². The van der Waals surface area contributed by atoms with Gasteiger partial charge in [0.25, 0.3) is 0 Å². The third-order valence-corrected chi connectivity index (χ3v) is 3.22. The number of aliphatic hydroxyl groups excluding tert-OH is 1. The van der Waals surface area contributed by atoms with Crippen LogP contribution in [0.15, 0.2) is 12.1 Å². The van der Waals surface area contributed by atoms with Gasteiger partial charge in [-0.05, 0) is 50.7 Å². The number of methoxy groups -OCH3 is 1. The SMILES string of the molecule is COc1cc(C)c(C(CCO)N(C)C)cc1Cl. The Morgan fingerprint density at radius 1 is 1.41 bits per heavy atom. The molecule has 0 saturated carbocycles. The van der Waals surface area contributed by atoms with Gasteiger partial charge >= 0.3 is 0 Å². The van der Waals surface area contributed by atoms with E-state index in [9.17, 15) is 0 Å². The molecule has 0 aliphatic carbocycles. The van der Waals surface area contributed by atoms with E-state index in [1.165, 1.54) is 0 Å². The summed E-state index contributed by atoms with van der Waals surface area (Å²) in [5.74, 6) is 0.689. The van der Waals surface area contributed by atoms with Gasteiger partial charge in [0.1, 0.15) is 5.75 Å². The van der Waals surface area contributed by atoms with E-state index in [1.54, 1.807) is 7.11 Å². The minimum absolute atomic E-state index is 0.159. The Morgan fingerprint density at radius 2 is 2.06 bits per heavy atom. The van der Waals surface area contributed by atoms with Gasteiger partial charge in [-0.15, -0.1) is 0 Å². The lowest BCUT2D eigenvalue weighted by molar-refractivity contribution is 0.210. The largest absolute Gasteiger partial charge is 0.495 e. The molecule has 1 aromatic rings. The molecular weight excluding hydrogens is 238 g/mol. The lowest BCUT2D eigenvalue weighted by atomic mass is 9.98. The molecule has 17 heavy (non-hydrogen) atoms. The number of rotatable bonds is 5. The predicted octanol–water partition coefficient (Wildman–Crippen LogP) is 2.64. The summed E-state index contributed by atoms with van der Waals surface area (Å²) in [6.07, 6.45) is 0.691. The van der Waals surface area contributed by atoms with E-state index in [-0.39, 0.29) is 12.6 Å². The van der Waals surface area contributed by atoms with Crippen LogP contribution in [-0.4, -0.2) is 37.8 Å². The fraction of sp³-hybridized carbons (Fsp3) is 0.538. The molecule has 0 aliphatic heterocycles. The van der Waals surface area contributed by atoms with Gasteiger partial charge in [-0.2, -0.15) is 0 Å². The molecule has 0 radical (unpaired) electrons. The summed E-state index contributed by atoms with van der Waals surface area (Å²) < 4.78 is 5.19. The summed E-state index contributed by atoms with van der Waals surface area (Å²) >= 11 is 6.14. The molecular formula is C13H20ClNO2. The van der Waals surface area contributed by atoms with E-state index in [0.717, 1.165) is 11.1 Å². The summed E-state index contributed by atoms with van der Waals surface area (Å²) in [5, 5.41) is 9.73. The molecule has 1 N–H and O–H groups in total. The predicted molar refractivity (Wildman–Crippen MR) is 70.9 cm³/mol. The minimum atomic E-state index is 0.159. The molecule has 96 valence electrons. The zero-order valence-electron chi connectivity index (χ0n) is 10.8. The van der Waals surface area contributed by atoms with Gasteiger partial charge in [0.15, 0.2) is 0 Å². The van der Waals surface area contributed by atoms with Gasteiger partial charge in [0.05, 0.1) is 12.1 Å². The Kier molecular flexibility index (Phi) is 5.25. The van der Waals surface area contributed by atoms with Crippen molar-refractivity contribution in [2.24, 2.45) is 0 Å². The second kappa shape index (κ2) is 6.24. The van der Waals surface area contributed by atoms with Crippen molar-refractivity contribution in [2.45, 2.75) is 19.4 Å². The fourth-order valence-electron chi connectivity index (χ4n) is 2.00. The molecule has 1 unspecified atom stereocenters. The van der Waals surface area contributed by atoms with Crippen molar-refractivity contribution < 1.29 is 9.84 Å². The van der Waals surface area contributed by atoms with Crippen molar-refractivity contribution in [2.75, 3.05) is 27.8 Å². The molecule has 1 atom stereocenters. The van der Waals surface area contributed by atoms with Crippen LogP contribution < -0.4 is 4.74 Å². The van der Waals surface area contributed by atoms with Gasteiger partial charge in [-0.1, -0.05) is 11.6 Å². The monoisotopic (exact) mass is 257 g/mol. The maximum Gasteiger partial charge on any atom is 0.137 e. The zero-order chi connectivity index (χ0) is 13.0. The zero-order valence-corrected chi connectivity index (χ0v) is 11.6. The molecule has 4 heteroatoms. The second-order valence-electron chi connectivity index (χ2n) is 4.34. The van der Waals surface area contributed by atoms with Crippen molar-refractivity contribution in [3.63, 3.8) is 0 Å². The molecule has 0 saturated heterocycles. The topological polar surface area (TPSA) is 32.7 Å². The summed E-state index contributed by atoms with van der Waals surface area (Å²) in [5.41, 5.74) is 2.26. The molecule has 1 aromatic carbocycles. The highest BCUT2D eigenvalue weighted by Crippen LogP contribution is 2.33. The van der Waals surface area contributed by atoms with Crippen molar-refractivity contribution >= 4 is 11.6 Å². The number of benzene rings is 1. The van der Waals surface area contributed by atoms with E-state index < -0.39 is 0 Å². The first kappa shape index (κ1) is 14.3. The van der Waals surface area contributed by atoms with Crippen LogP contribution in [-0.2, 0) is 0 Å². The normalized spacial score (nSPS) is 12.9. The Hall–Kier alpha value is -0.770. The lowest BCUT2D eigenvalue weighted by Crippen LogP contribution is -2.22. The van der Waals surface area contributed by atoms with E-state index in [2.05, 4.69) is 4.90 Å². The molecule has 0 amide bonds. The number of aryl methyl sites for hydroxylation is 1. The maximum absolute atomic E-state index is 9.12. The van der Waals surface area contributed by atoms with Crippen LogP contribution in [0.4, 0.5) is 0 Å². The van der Waals surface area contributed by atoms with Crippen molar-refractivity contribution in [1.82, 2.24) is 4.90 Å². The number of hydrogen-bond donors (Lipinski definition) is 1. The fourth-order valence-corrected chi connectivity index (χ4v) is 2.25. The number of nitrogens with zero attached hydrogens (tertiary/aromatic N) is 1. The molecule has 0 heterocycles. The van der Waals surface area contributed by atoms with Gasteiger partial charge in [0, 0.05) is 12.6 Å². The van der Waals surface area contributed by atoms with Crippen molar-refractivity contribution in [3.05, 3.63) is 28.3 Å². The highest BCUT2D eigenvalue weighted by Gasteiger charge is 2.17. The molecule has 0 aliphatic rings. The average molecular weight is 258 g/mol. The lowest BCUT2D eigenvalue weighted by Gasteiger charge is -2.26. The van der Waals surface area contributed by atoms with E-state index in [1.807, 2.05) is 33.2 Å².